The van der Waals surface area contributed by atoms with Crippen LogP contribution in [0.25, 0.3) is 10.8 Å². The first-order chi connectivity index (χ1) is 14.8. The normalized spacial score (nSPS) is 18.4. The zero-order valence-corrected chi connectivity index (χ0v) is 18.0. The molecule has 3 aromatic carbocycles. The minimum atomic E-state index is -1.23. The van der Waals surface area contributed by atoms with Gasteiger partial charge in [0.15, 0.2) is 0 Å². The molecule has 1 N–H and O–H groups in total. The van der Waals surface area contributed by atoms with Crippen molar-refractivity contribution in [1.29, 1.82) is 0 Å². The standard InChI is InChI=1S/C24H22ClN3O3/c1-24(19-11-10-17-7-3-4-8-18(17)13-19)22(30)28(23(31)26-24)15-21(29)27(2)14-16-6-5-9-20(25)12-16/h3-13H,14-15H2,1-2H3,(H,26,31). The number of fused-ring (bicyclic) bond motifs is 1. The maximum Gasteiger partial charge on any atom is 0.325 e. The molecular weight excluding hydrogens is 414 g/mol. The molecular formula is C24H22ClN3O3. The number of nitrogens with one attached hydrogen (secondary N) is 1. The quantitative estimate of drug-likeness (QED) is 0.617. The van der Waals surface area contributed by atoms with Gasteiger partial charge >= 0.3 is 6.03 Å². The van der Waals surface area contributed by atoms with Crippen molar-refractivity contribution < 1.29 is 14.4 Å². The molecule has 4 rings (SSSR count). The summed E-state index contributed by atoms with van der Waals surface area (Å²) in [6.45, 7) is 1.66. The third-order valence-corrected chi connectivity index (χ3v) is 5.86. The van der Waals surface area contributed by atoms with Crippen LogP contribution in [0.5, 0.6) is 0 Å². The molecule has 0 radical (unpaired) electrons. The Bertz CT molecular complexity index is 1200. The zero-order valence-electron chi connectivity index (χ0n) is 17.3. The van der Waals surface area contributed by atoms with E-state index in [0.29, 0.717) is 17.1 Å². The second-order valence-corrected chi connectivity index (χ2v) is 8.32. The second-order valence-electron chi connectivity index (χ2n) is 7.89. The summed E-state index contributed by atoms with van der Waals surface area (Å²) in [5.41, 5.74) is 0.306. The van der Waals surface area contributed by atoms with Crippen LogP contribution in [-0.4, -0.2) is 41.2 Å². The fraction of sp³-hybridized carbons (Fsp3) is 0.208. The molecule has 1 unspecified atom stereocenters. The maximum atomic E-state index is 13.2. The molecule has 1 aliphatic heterocycles. The molecule has 0 aromatic heterocycles. The van der Waals surface area contributed by atoms with Gasteiger partial charge in [-0.15, -0.1) is 0 Å². The van der Waals surface area contributed by atoms with Crippen molar-refractivity contribution in [2.75, 3.05) is 13.6 Å². The largest absolute Gasteiger partial charge is 0.340 e. The number of urea groups is 1. The minimum absolute atomic E-state index is 0.324. The SMILES string of the molecule is CN(Cc1cccc(Cl)c1)C(=O)CN1C(=O)NC(C)(c2ccc3ccccc3c2)C1=O. The van der Waals surface area contributed by atoms with Crippen LogP contribution in [0.2, 0.25) is 5.02 Å². The van der Waals surface area contributed by atoms with Crippen LogP contribution in [0.15, 0.2) is 66.7 Å². The summed E-state index contributed by atoms with van der Waals surface area (Å²) in [6, 6.07) is 20.1. The van der Waals surface area contributed by atoms with Gasteiger partial charge in [0, 0.05) is 18.6 Å². The number of nitrogens with zero attached hydrogens (tertiary/aromatic N) is 2. The van der Waals surface area contributed by atoms with E-state index in [0.717, 1.165) is 21.2 Å². The fourth-order valence-corrected chi connectivity index (χ4v) is 4.00. The first-order valence-electron chi connectivity index (χ1n) is 9.90. The van der Waals surface area contributed by atoms with E-state index in [9.17, 15) is 14.4 Å². The number of hydrogen-bond donors (Lipinski definition) is 1. The molecule has 0 spiro atoms. The lowest BCUT2D eigenvalue weighted by molar-refractivity contribution is -0.138. The number of rotatable bonds is 5. The number of likely N-dealkylation sites (N-methyl/N-ethyl adjacent to an activating group) is 1. The molecule has 7 heteroatoms. The maximum absolute atomic E-state index is 13.2. The van der Waals surface area contributed by atoms with Gasteiger partial charge in [-0.2, -0.15) is 0 Å². The Kier molecular flexibility index (Phi) is 5.41. The zero-order chi connectivity index (χ0) is 22.2. The Morgan fingerprint density at radius 1 is 1.03 bits per heavy atom. The molecule has 1 heterocycles. The first kappa shape index (κ1) is 20.9. The predicted octanol–water partition coefficient (Wildman–Crippen LogP) is 3.92. The van der Waals surface area contributed by atoms with Crippen molar-refractivity contribution in [2.45, 2.75) is 19.0 Å². The van der Waals surface area contributed by atoms with Crippen molar-refractivity contribution in [3.8, 4) is 0 Å². The van der Waals surface area contributed by atoms with Gasteiger partial charge in [0.05, 0.1) is 0 Å². The number of amides is 4. The lowest BCUT2D eigenvalue weighted by Crippen LogP contribution is -2.43. The topological polar surface area (TPSA) is 69.7 Å². The molecule has 1 fully saturated rings. The smallest absolute Gasteiger partial charge is 0.325 e. The Morgan fingerprint density at radius 3 is 2.52 bits per heavy atom. The highest BCUT2D eigenvalue weighted by molar-refractivity contribution is 6.30. The second kappa shape index (κ2) is 8.04. The Morgan fingerprint density at radius 2 is 1.77 bits per heavy atom. The first-order valence-corrected chi connectivity index (χ1v) is 10.3. The minimum Gasteiger partial charge on any atom is -0.340 e. The summed E-state index contributed by atoms with van der Waals surface area (Å²) in [5, 5.41) is 5.36. The molecule has 0 aliphatic carbocycles. The van der Waals surface area contributed by atoms with E-state index >= 15 is 0 Å². The van der Waals surface area contributed by atoms with Crippen LogP contribution in [-0.2, 0) is 21.7 Å². The molecule has 1 atom stereocenters. The lowest BCUT2D eigenvalue weighted by atomic mass is 9.90. The molecule has 3 aromatic rings. The highest BCUT2D eigenvalue weighted by atomic mass is 35.5. The molecule has 4 amide bonds. The van der Waals surface area contributed by atoms with Gasteiger partial charge in [0.2, 0.25) is 5.91 Å². The van der Waals surface area contributed by atoms with E-state index in [4.69, 9.17) is 11.6 Å². The van der Waals surface area contributed by atoms with Crippen LogP contribution < -0.4 is 5.32 Å². The van der Waals surface area contributed by atoms with Crippen molar-refractivity contribution in [3.63, 3.8) is 0 Å². The third kappa shape index (κ3) is 3.99. The summed E-state index contributed by atoms with van der Waals surface area (Å²) in [6.07, 6.45) is 0. The average Bonchev–Trinajstić information content (AvgIpc) is 2.97. The molecule has 1 aliphatic rings. The lowest BCUT2D eigenvalue weighted by Gasteiger charge is -2.23. The van der Waals surface area contributed by atoms with Crippen LogP contribution in [0, 0.1) is 0 Å². The van der Waals surface area contributed by atoms with Crippen molar-refractivity contribution >= 4 is 40.2 Å². The van der Waals surface area contributed by atoms with Gasteiger partial charge in [-0.1, -0.05) is 60.1 Å². The summed E-state index contributed by atoms with van der Waals surface area (Å²) in [7, 11) is 1.63. The number of benzene rings is 3. The van der Waals surface area contributed by atoms with Crippen molar-refractivity contribution in [1.82, 2.24) is 15.1 Å². The number of hydrogen-bond acceptors (Lipinski definition) is 3. The number of carbonyl (C=O) groups excluding carboxylic acids is 3. The summed E-state index contributed by atoms with van der Waals surface area (Å²) in [5.74, 6) is -0.788. The number of imide groups is 1. The summed E-state index contributed by atoms with van der Waals surface area (Å²) < 4.78 is 0. The van der Waals surface area contributed by atoms with Gasteiger partial charge in [0.1, 0.15) is 12.1 Å². The monoisotopic (exact) mass is 435 g/mol. The van der Waals surface area contributed by atoms with E-state index in [1.54, 1.807) is 26.1 Å². The fourth-order valence-electron chi connectivity index (χ4n) is 3.79. The van der Waals surface area contributed by atoms with Gasteiger partial charge in [-0.25, -0.2) is 4.79 Å². The van der Waals surface area contributed by atoms with Gasteiger partial charge in [-0.05, 0) is 47.0 Å². The molecule has 6 nitrogen and oxygen atoms in total. The third-order valence-electron chi connectivity index (χ3n) is 5.63. The number of halogens is 1. The highest BCUT2D eigenvalue weighted by Gasteiger charge is 2.49. The Hall–Kier alpha value is -3.38. The van der Waals surface area contributed by atoms with E-state index in [1.165, 1.54) is 4.90 Å². The molecule has 0 bridgehead atoms. The summed E-state index contributed by atoms with van der Waals surface area (Å²) >= 11 is 6.00. The van der Waals surface area contributed by atoms with E-state index in [1.807, 2.05) is 54.6 Å². The van der Waals surface area contributed by atoms with Crippen LogP contribution in [0.1, 0.15) is 18.1 Å². The van der Waals surface area contributed by atoms with Crippen LogP contribution >= 0.6 is 11.6 Å². The highest BCUT2D eigenvalue weighted by Crippen LogP contribution is 2.31. The van der Waals surface area contributed by atoms with Gasteiger partial charge in [0.25, 0.3) is 5.91 Å². The van der Waals surface area contributed by atoms with Crippen molar-refractivity contribution in [2.24, 2.45) is 0 Å². The van der Waals surface area contributed by atoms with E-state index in [-0.39, 0.29) is 12.5 Å². The number of carbonyl (C=O) groups is 3. The Labute approximate surface area is 185 Å². The van der Waals surface area contributed by atoms with E-state index in [2.05, 4.69) is 5.32 Å². The Balaban J connectivity index is 1.51. The van der Waals surface area contributed by atoms with Crippen LogP contribution in [0.4, 0.5) is 4.79 Å². The molecule has 158 valence electrons. The molecule has 31 heavy (non-hydrogen) atoms. The predicted molar refractivity (Wildman–Crippen MR) is 119 cm³/mol. The van der Waals surface area contributed by atoms with E-state index < -0.39 is 17.5 Å². The van der Waals surface area contributed by atoms with Crippen LogP contribution in [0.3, 0.4) is 0 Å². The van der Waals surface area contributed by atoms with Gasteiger partial charge in [-0.3, -0.25) is 14.5 Å². The molecule has 0 saturated carbocycles. The van der Waals surface area contributed by atoms with Gasteiger partial charge < -0.3 is 10.2 Å². The van der Waals surface area contributed by atoms with Crippen molar-refractivity contribution in [3.05, 3.63) is 82.9 Å². The molecule has 1 saturated heterocycles. The average molecular weight is 436 g/mol. The summed E-state index contributed by atoms with van der Waals surface area (Å²) in [4.78, 5) is 41.0.